The van der Waals surface area contributed by atoms with Crippen LogP contribution in [-0.2, 0) is 32.5 Å². The maximum Gasteiger partial charge on any atom is 0.138 e. The molecule has 6 aromatic rings. The van der Waals surface area contributed by atoms with Gasteiger partial charge in [0.05, 0.1) is 17.6 Å². The molecular formula is C64H112N8. The molecule has 0 atom stereocenters. The summed E-state index contributed by atoms with van der Waals surface area (Å²) in [7, 11) is 0. The fourth-order valence-electron chi connectivity index (χ4n) is 4.65. The van der Waals surface area contributed by atoms with E-state index in [1.165, 1.54) is 28.6 Å². The molecule has 8 nitrogen and oxygen atoms in total. The van der Waals surface area contributed by atoms with E-state index in [4.69, 9.17) is 0 Å². The van der Waals surface area contributed by atoms with Crippen LogP contribution in [0, 0.1) is 0 Å². The Morgan fingerprint density at radius 1 is 0.264 bits per heavy atom. The van der Waals surface area contributed by atoms with Gasteiger partial charge in [0.15, 0.2) is 0 Å². The number of rotatable bonds is 0. The second kappa shape index (κ2) is 44.5. The summed E-state index contributed by atoms with van der Waals surface area (Å²) in [5, 5.41) is 7.63. The van der Waals surface area contributed by atoms with Crippen LogP contribution < -0.4 is 0 Å². The summed E-state index contributed by atoms with van der Waals surface area (Å²) in [6.45, 7) is 62.9. The summed E-state index contributed by atoms with van der Waals surface area (Å²) in [6.07, 6.45) is 17.4. The van der Waals surface area contributed by atoms with Gasteiger partial charge in [-0.15, -0.1) is 5.10 Å². The smallest absolute Gasteiger partial charge is 0.138 e. The summed E-state index contributed by atoms with van der Waals surface area (Å²) < 4.78 is 0. The molecular weight excluding hydrogens is 881 g/mol. The minimum absolute atomic E-state index is 0.0568. The minimum Gasteiger partial charge on any atom is -0.264 e. The van der Waals surface area contributed by atoms with E-state index in [1.54, 1.807) is 37.3 Å². The highest BCUT2D eigenvalue weighted by Crippen LogP contribution is 2.23. The molecule has 408 valence electrons. The highest BCUT2D eigenvalue weighted by Gasteiger charge is 2.16. The molecule has 0 bridgehead atoms. The molecule has 4 heterocycles. The lowest BCUT2D eigenvalue weighted by Crippen LogP contribution is -2.14. The van der Waals surface area contributed by atoms with Crippen molar-refractivity contribution in [2.75, 3.05) is 0 Å². The molecule has 4 aromatic heterocycles. The molecule has 0 fully saturated rings. The van der Waals surface area contributed by atoms with Crippen molar-refractivity contribution in [1.29, 1.82) is 0 Å². The highest BCUT2D eigenvalue weighted by molar-refractivity contribution is 5.23. The first-order valence-corrected chi connectivity index (χ1v) is 26.8. The van der Waals surface area contributed by atoms with Gasteiger partial charge in [-0.25, -0.2) is 15.0 Å². The van der Waals surface area contributed by atoms with Crippen molar-refractivity contribution in [3.63, 3.8) is 0 Å². The first kappa shape index (κ1) is 78.2. The van der Waals surface area contributed by atoms with Gasteiger partial charge in [0, 0.05) is 54.2 Å². The number of hydrogen-bond donors (Lipinski definition) is 0. The zero-order valence-corrected chi connectivity index (χ0v) is 52.3. The Bertz CT molecular complexity index is 1570. The first-order chi connectivity index (χ1) is 33.6. The Labute approximate surface area is 447 Å². The van der Waals surface area contributed by atoms with Gasteiger partial charge in [-0.05, 0) is 50.0 Å². The van der Waals surface area contributed by atoms with Crippen LogP contribution in [0.2, 0.25) is 0 Å². The number of hydrogen-bond acceptors (Lipinski definition) is 8. The van der Waals surface area contributed by atoms with E-state index in [0.29, 0.717) is 10.8 Å². The van der Waals surface area contributed by atoms with Crippen LogP contribution in [0.25, 0.3) is 0 Å². The Morgan fingerprint density at radius 3 is 0.792 bits per heavy atom. The number of nitrogens with zero attached hydrogens (tertiary/aromatic N) is 8. The van der Waals surface area contributed by atoms with Gasteiger partial charge in [-0.2, -0.15) is 5.10 Å². The normalized spacial score (nSPS) is 10.1. The third kappa shape index (κ3) is 42.4. The van der Waals surface area contributed by atoms with Gasteiger partial charge in [0.1, 0.15) is 12.7 Å². The third-order valence-corrected chi connectivity index (χ3v) is 8.81. The van der Waals surface area contributed by atoms with Gasteiger partial charge in [-0.3, -0.25) is 15.0 Å². The van der Waals surface area contributed by atoms with Crippen molar-refractivity contribution in [2.24, 2.45) is 0 Å². The summed E-state index contributed by atoms with van der Waals surface area (Å²) in [5.41, 5.74) is 8.38. The van der Waals surface area contributed by atoms with Crippen LogP contribution in [0.15, 0.2) is 135 Å². The van der Waals surface area contributed by atoms with Crippen molar-refractivity contribution in [1.82, 2.24) is 40.1 Å². The highest BCUT2D eigenvalue weighted by atomic mass is 15.1. The monoisotopic (exact) mass is 993 g/mol. The quantitative estimate of drug-likeness (QED) is 0.148. The molecule has 0 aliphatic carbocycles. The number of pyridine rings is 1. The van der Waals surface area contributed by atoms with E-state index in [0.717, 1.165) is 11.4 Å². The predicted octanol–water partition coefficient (Wildman–Crippen LogP) is 19.2. The molecule has 0 spiro atoms. The van der Waals surface area contributed by atoms with E-state index < -0.39 is 0 Å². The van der Waals surface area contributed by atoms with Crippen LogP contribution in [0.4, 0.5) is 0 Å². The van der Waals surface area contributed by atoms with E-state index in [9.17, 15) is 0 Å². The van der Waals surface area contributed by atoms with E-state index in [2.05, 4.69) is 231 Å². The molecule has 6 rings (SSSR count). The molecule has 0 saturated carbocycles. The van der Waals surface area contributed by atoms with Gasteiger partial charge >= 0.3 is 0 Å². The lowest BCUT2D eigenvalue weighted by molar-refractivity contribution is 0.553. The molecule has 72 heavy (non-hydrogen) atoms. The van der Waals surface area contributed by atoms with Crippen molar-refractivity contribution in [3.8, 4) is 0 Å². The predicted molar refractivity (Wildman–Crippen MR) is 321 cm³/mol. The average molecular weight is 994 g/mol. The topological polar surface area (TPSA) is 103 Å². The zero-order valence-electron chi connectivity index (χ0n) is 52.3. The largest absolute Gasteiger partial charge is 0.264 e. The summed E-state index contributed by atoms with van der Waals surface area (Å²) in [4.78, 5) is 24.0. The Morgan fingerprint density at radius 2 is 0.583 bits per heavy atom. The van der Waals surface area contributed by atoms with E-state index >= 15 is 0 Å². The molecule has 0 unspecified atom stereocenters. The lowest BCUT2D eigenvalue weighted by Gasteiger charge is -2.18. The fourth-order valence-corrected chi connectivity index (χ4v) is 4.65. The molecule has 0 amide bonds. The maximum atomic E-state index is 4.19. The molecule has 0 radical (unpaired) electrons. The molecule has 0 aliphatic rings. The zero-order chi connectivity index (χ0) is 57.7. The third-order valence-electron chi connectivity index (χ3n) is 8.81. The Kier molecular flexibility index (Phi) is 48.3. The van der Waals surface area contributed by atoms with Crippen LogP contribution in [-0.4, -0.2) is 40.1 Å². The number of benzene rings is 2. The van der Waals surface area contributed by atoms with Crippen LogP contribution in [0.5, 0.6) is 0 Å². The van der Waals surface area contributed by atoms with E-state index in [1.807, 2.05) is 108 Å². The van der Waals surface area contributed by atoms with Gasteiger partial charge in [0.25, 0.3) is 0 Å². The lowest BCUT2D eigenvalue weighted by atomic mass is 9.87. The molecule has 0 N–H and O–H groups in total. The standard InChI is InChI=1S/2C10H14.C9H13N.2C8H12N2.C7H11N3.6C2H6/c2*1-10(2,3)9-7-5-4-6-8-9;1-9(2,3)8-5-4-6-10-7-8;1-8(2,3)7-4-9-6-10-5-7;1-8(2,3)7-6-9-4-5-10-7;1-7(2,3)6-4-8-5-9-10-6;6*1-2/h2*4-8H,1-3H3;4-7H,1-3H3;2*4-6H,1-3H3;4-5H,1-3H3;6*1-2H3. The van der Waals surface area contributed by atoms with Gasteiger partial charge < -0.3 is 0 Å². The second-order valence-corrected chi connectivity index (χ2v) is 20.7. The SMILES string of the molecule is CC.CC.CC.CC.CC.CC.CC(C)(C)c1ccccc1.CC(C)(C)c1ccccc1.CC(C)(C)c1cccnc1.CC(C)(C)c1cnccn1.CC(C)(C)c1cncnc1.CC(C)(C)c1cncnn1. The Balaban J connectivity index is -0.000000174. The second-order valence-electron chi connectivity index (χ2n) is 20.7. The first-order valence-electron chi connectivity index (χ1n) is 26.8. The summed E-state index contributed by atoms with van der Waals surface area (Å²) >= 11 is 0. The van der Waals surface area contributed by atoms with Gasteiger partial charge in [0.2, 0.25) is 0 Å². The summed E-state index contributed by atoms with van der Waals surface area (Å²) in [6, 6.07) is 25.2. The van der Waals surface area contributed by atoms with Crippen molar-refractivity contribution < 1.29 is 0 Å². The minimum atomic E-state index is 0.0568. The molecule has 0 saturated heterocycles. The van der Waals surface area contributed by atoms with Crippen LogP contribution in [0.1, 0.15) is 241 Å². The fraction of sp³-hybridized carbons (Fsp3) is 0.562. The van der Waals surface area contributed by atoms with Crippen molar-refractivity contribution >= 4 is 0 Å². The number of aromatic nitrogens is 8. The average Bonchev–Trinajstić information content (AvgIpc) is 3.39. The summed E-state index contributed by atoms with van der Waals surface area (Å²) in [5.74, 6) is 0. The maximum absolute atomic E-state index is 4.19. The van der Waals surface area contributed by atoms with Crippen LogP contribution >= 0.6 is 0 Å². The van der Waals surface area contributed by atoms with E-state index in [-0.39, 0.29) is 21.7 Å². The van der Waals surface area contributed by atoms with Crippen LogP contribution in [0.3, 0.4) is 0 Å². The Hall–Kier alpha value is -5.24. The van der Waals surface area contributed by atoms with Gasteiger partial charge in [-0.1, -0.05) is 274 Å². The molecule has 2 aromatic carbocycles. The van der Waals surface area contributed by atoms with Crippen molar-refractivity contribution in [3.05, 3.63) is 169 Å². The van der Waals surface area contributed by atoms with Crippen molar-refractivity contribution in [2.45, 2.75) is 240 Å². The molecule has 8 heteroatoms. The molecule has 0 aliphatic heterocycles.